The number of aliphatic hydroxyl groups is 1. The number of hydrogen-bond donors (Lipinski definition) is 2. The molecule has 0 aromatic carbocycles. The summed E-state index contributed by atoms with van der Waals surface area (Å²) in [6.45, 7) is 12.2. The molecule has 1 fully saturated rings. The van der Waals surface area contributed by atoms with Gasteiger partial charge in [-0.25, -0.2) is 4.98 Å². The fraction of sp³-hybridized carbons (Fsp3) is 0.750. The van der Waals surface area contributed by atoms with Crippen molar-refractivity contribution in [3.63, 3.8) is 0 Å². The summed E-state index contributed by atoms with van der Waals surface area (Å²) in [4.78, 5) is 20.8. The lowest BCUT2D eigenvalue weighted by Gasteiger charge is -2.39. The fourth-order valence-corrected chi connectivity index (χ4v) is 3.04. The topological polar surface area (TPSA) is 68.7 Å². The van der Waals surface area contributed by atoms with Crippen LogP contribution >= 0.6 is 11.3 Å². The molecule has 7 heteroatoms. The molecule has 1 aromatic heterocycles. The molecule has 2 atom stereocenters. The van der Waals surface area contributed by atoms with E-state index in [1.54, 1.807) is 6.20 Å². The zero-order valence-electron chi connectivity index (χ0n) is 14.5. The molecule has 6 nitrogen and oxygen atoms in total. The van der Waals surface area contributed by atoms with E-state index >= 15 is 0 Å². The van der Waals surface area contributed by atoms with Crippen molar-refractivity contribution in [3.8, 4) is 0 Å². The first-order chi connectivity index (χ1) is 10.8. The lowest BCUT2D eigenvalue weighted by atomic mass is 9.89. The van der Waals surface area contributed by atoms with Gasteiger partial charge < -0.3 is 10.4 Å². The molecule has 1 aliphatic heterocycles. The van der Waals surface area contributed by atoms with Gasteiger partial charge in [-0.05, 0) is 12.3 Å². The van der Waals surface area contributed by atoms with Crippen LogP contribution in [0.5, 0.6) is 0 Å². The normalized spacial score (nSPS) is 20.2. The Hall–Kier alpha value is -1.02. The van der Waals surface area contributed by atoms with Gasteiger partial charge in [-0.2, -0.15) is 0 Å². The molecule has 1 aromatic rings. The van der Waals surface area contributed by atoms with Gasteiger partial charge in [-0.15, -0.1) is 11.3 Å². The molecule has 0 spiro atoms. The fourth-order valence-electron chi connectivity index (χ4n) is 2.51. The lowest BCUT2D eigenvalue weighted by molar-refractivity contribution is -0.121. The van der Waals surface area contributed by atoms with Gasteiger partial charge in [-0.3, -0.25) is 14.6 Å². The number of amides is 1. The number of anilines is 1. The van der Waals surface area contributed by atoms with Gasteiger partial charge in [0.2, 0.25) is 5.91 Å². The van der Waals surface area contributed by atoms with Crippen LogP contribution in [-0.2, 0) is 4.79 Å². The number of thiazole rings is 1. The van der Waals surface area contributed by atoms with Crippen LogP contribution in [0.1, 0.15) is 27.7 Å². The van der Waals surface area contributed by atoms with E-state index in [0.29, 0.717) is 11.7 Å². The molecular formula is C16H28N4O2S. The smallest absolute Gasteiger partial charge is 0.243 e. The first-order valence-corrected chi connectivity index (χ1v) is 9.00. The minimum Gasteiger partial charge on any atom is -0.391 e. The van der Waals surface area contributed by atoms with Crippen LogP contribution < -0.4 is 5.32 Å². The van der Waals surface area contributed by atoms with Crippen LogP contribution in [-0.4, -0.2) is 70.7 Å². The highest BCUT2D eigenvalue weighted by Gasteiger charge is 2.29. The summed E-state index contributed by atoms with van der Waals surface area (Å²) in [5, 5.41) is 15.6. The van der Waals surface area contributed by atoms with Gasteiger partial charge >= 0.3 is 0 Å². The molecule has 23 heavy (non-hydrogen) atoms. The third kappa shape index (κ3) is 5.24. The number of rotatable bonds is 5. The van der Waals surface area contributed by atoms with Crippen LogP contribution in [0.15, 0.2) is 11.6 Å². The van der Waals surface area contributed by atoms with E-state index in [-0.39, 0.29) is 23.5 Å². The van der Waals surface area contributed by atoms with Crippen molar-refractivity contribution in [1.82, 2.24) is 14.8 Å². The molecule has 2 rings (SSSR count). The Bertz CT molecular complexity index is 493. The van der Waals surface area contributed by atoms with Crippen LogP contribution in [0.3, 0.4) is 0 Å². The molecular weight excluding hydrogens is 312 g/mol. The van der Waals surface area contributed by atoms with E-state index in [0.717, 1.165) is 26.2 Å². The number of hydrogen-bond acceptors (Lipinski definition) is 6. The van der Waals surface area contributed by atoms with Crippen molar-refractivity contribution < 1.29 is 9.90 Å². The standard InChI is InChI=1S/C16H28N4O2S/c1-12(14(22)18-15-17-5-10-23-15)20-8-6-19(7-9-20)11-13(21)16(2,3)4/h5,10,12-13,21H,6-9,11H2,1-4H3,(H,17,18,22)/t12-,13+/m0/s1. The zero-order valence-corrected chi connectivity index (χ0v) is 15.3. The molecule has 0 bridgehead atoms. The SMILES string of the molecule is C[C@@H](C(=O)Nc1nccs1)N1CCN(C[C@@H](O)C(C)(C)C)CC1. The van der Waals surface area contributed by atoms with Crippen molar-refractivity contribution in [1.29, 1.82) is 0 Å². The maximum Gasteiger partial charge on any atom is 0.243 e. The van der Waals surface area contributed by atoms with Crippen LogP contribution in [0.2, 0.25) is 0 Å². The number of aromatic nitrogens is 1. The van der Waals surface area contributed by atoms with E-state index in [1.807, 2.05) is 12.3 Å². The predicted octanol–water partition coefficient (Wildman–Crippen LogP) is 1.49. The largest absolute Gasteiger partial charge is 0.391 e. The average molecular weight is 340 g/mol. The maximum absolute atomic E-state index is 12.3. The van der Waals surface area contributed by atoms with Crippen molar-refractivity contribution >= 4 is 22.4 Å². The summed E-state index contributed by atoms with van der Waals surface area (Å²) >= 11 is 1.43. The van der Waals surface area contributed by atoms with E-state index in [4.69, 9.17) is 0 Å². The summed E-state index contributed by atoms with van der Waals surface area (Å²) in [5.74, 6) is -0.0110. The molecule has 0 saturated carbocycles. The molecule has 1 saturated heterocycles. The lowest BCUT2D eigenvalue weighted by Crippen LogP contribution is -2.54. The second-order valence-corrected chi connectivity index (χ2v) is 8.12. The quantitative estimate of drug-likeness (QED) is 0.850. The summed E-state index contributed by atoms with van der Waals surface area (Å²) in [6, 6.07) is -0.173. The highest BCUT2D eigenvalue weighted by Crippen LogP contribution is 2.20. The molecule has 2 heterocycles. The van der Waals surface area contributed by atoms with Gasteiger partial charge in [0.15, 0.2) is 5.13 Å². The Morgan fingerprint density at radius 1 is 1.39 bits per heavy atom. The number of aliphatic hydroxyl groups excluding tert-OH is 1. The summed E-state index contributed by atoms with van der Waals surface area (Å²) in [6.07, 6.45) is 1.35. The van der Waals surface area contributed by atoms with Crippen molar-refractivity contribution in [2.45, 2.75) is 39.8 Å². The average Bonchev–Trinajstić information content (AvgIpc) is 2.99. The monoisotopic (exact) mass is 340 g/mol. The highest BCUT2D eigenvalue weighted by atomic mass is 32.1. The van der Waals surface area contributed by atoms with Crippen molar-refractivity contribution in [2.24, 2.45) is 5.41 Å². The second-order valence-electron chi connectivity index (χ2n) is 7.22. The molecule has 1 aliphatic rings. The summed E-state index contributed by atoms with van der Waals surface area (Å²) in [5.41, 5.74) is -0.0992. The minimum absolute atomic E-state index is 0.0110. The Morgan fingerprint density at radius 3 is 2.57 bits per heavy atom. The van der Waals surface area contributed by atoms with E-state index in [9.17, 15) is 9.90 Å². The van der Waals surface area contributed by atoms with E-state index in [1.165, 1.54) is 11.3 Å². The number of nitrogens with zero attached hydrogens (tertiary/aromatic N) is 3. The molecule has 0 radical (unpaired) electrons. The van der Waals surface area contributed by atoms with Crippen LogP contribution in [0.4, 0.5) is 5.13 Å². The second kappa shape index (κ2) is 7.70. The van der Waals surface area contributed by atoms with E-state index < -0.39 is 0 Å². The van der Waals surface area contributed by atoms with Gasteiger partial charge in [0, 0.05) is 44.3 Å². The van der Waals surface area contributed by atoms with Crippen LogP contribution in [0.25, 0.3) is 0 Å². The first kappa shape index (κ1) is 18.3. The maximum atomic E-state index is 12.3. The van der Waals surface area contributed by atoms with Gasteiger partial charge in [0.05, 0.1) is 12.1 Å². The number of carbonyl (C=O) groups is 1. The van der Waals surface area contributed by atoms with Crippen molar-refractivity contribution in [3.05, 3.63) is 11.6 Å². The Morgan fingerprint density at radius 2 is 2.04 bits per heavy atom. The summed E-state index contributed by atoms with van der Waals surface area (Å²) in [7, 11) is 0. The van der Waals surface area contributed by atoms with Gasteiger partial charge in [-0.1, -0.05) is 20.8 Å². The molecule has 0 aliphatic carbocycles. The predicted molar refractivity (Wildman–Crippen MR) is 93.7 cm³/mol. The Balaban J connectivity index is 1.78. The van der Waals surface area contributed by atoms with Gasteiger partial charge in [0.1, 0.15) is 0 Å². The first-order valence-electron chi connectivity index (χ1n) is 8.12. The third-order valence-corrected chi connectivity index (χ3v) is 5.12. The minimum atomic E-state index is -0.334. The zero-order chi connectivity index (χ0) is 17.0. The van der Waals surface area contributed by atoms with Crippen molar-refractivity contribution in [2.75, 3.05) is 38.0 Å². The number of β-amino-alcohol motifs (C(OH)–C–C–N with tert-alkyl or cyclic N) is 1. The molecule has 0 unspecified atom stereocenters. The number of nitrogens with one attached hydrogen (secondary N) is 1. The molecule has 130 valence electrons. The summed E-state index contributed by atoms with van der Waals surface area (Å²) < 4.78 is 0. The van der Waals surface area contributed by atoms with Gasteiger partial charge in [0.25, 0.3) is 0 Å². The molecule has 1 amide bonds. The van der Waals surface area contributed by atoms with E-state index in [2.05, 4.69) is 40.9 Å². The highest BCUT2D eigenvalue weighted by molar-refractivity contribution is 7.13. The molecule has 2 N–H and O–H groups in total. The van der Waals surface area contributed by atoms with Crippen LogP contribution in [0, 0.1) is 5.41 Å². The number of piperazine rings is 1. The number of carbonyl (C=O) groups excluding carboxylic acids is 1. The third-order valence-electron chi connectivity index (χ3n) is 4.43. The Kier molecular flexibility index (Phi) is 6.13. The Labute approximate surface area is 142 Å².